The highest BCUT2D eigenvalue weighted by Gasteiger charge is 2.20. The fourth-order valence-electron chi connectivity index (χ4n) is 2.66. The Morgan fingerprint density at radius 1 is 1.16 bits per heavy atom. The Kier molecular flexibility index (Phi) is 5.41. The fourth-order valence-corrected chi connectivity index (χ4v) is 2.66. The monoisotopic (exact) mass is 261 g/mol. The topological polar surface area (TPSA) is 12.5 Å². The van der Waals surface area contributed by atoms with Gasteiger partial charge < -0.3 is 9.64 Å². The van der Waals surface area contributed by atoms with Gasteiger partial charge >= 0.3 is 0 Å². The molecule has 1 aliphatic rings. The third-order valence-corrected chi connectivity index (χ3v) is 4.12. The largest absolute Gasteiger partial charge is 0.376 e. The van der Waals surface area contributed by atoms with E-state index in [0.29, 0.717) is 6.04 Å². The summed E-state index contributed by atoms with van der Waals surface area (Å²) in [4.78, 5) is 2.57. The molecule has 1 fully saturated rings. The highest BCUT2D eigenvalue weighted by molar-refractivity contribution is 5.20. The minimum atomic E-state index is 0.689. The highest BCUT2D eigenvalue weighted by Crippen LogP contribution is 2.19. The Balaban J connectivity index is 1.65. The van der Waals surface area contributed by atoms with Gasteiger partial charge in [-0.2, -0.15) is 0 Å². The summed E-state index contributed by atoms with van der Waals surface area (Å²) in [7, 11) is 0. The first-order valence-corrected chi connectivity index (χ1v) is 7.52. The van der Waals surface area contributed by atoms with Gasteiger partial charge in [0.1, 0.15) is 0 Å². The van der Waals surface area contributed by atoms with Gasteiger partial charge in [-0.05, 0) is 58.2 Å². The maximum atomic E-state index is 5.88. The summed E-state index contributed by atoms with van der Waals surface area (Å²) in [6.07, 6.45) is 2.57. The third kappa shape index (κ3) is 4.63. The molecule has 1 aromatic carbocycles. The van der Waals surface area contributed by atoms with E-state index in [9.17, 15) is 0 Å². The van der Waals surface area contributed by atoms with Crippen molar-refractivity contribution in [2.45, 2.75) is 46.3 Å². The molecule has 2 nitrogen and oxygen atoms in total. The second kappa shape index (κ2) is 7.06. The molecule has 106 valence electrons. The van der Waals surface area contributed by atoms with Gasteiger partial charge in [-0.3, -0.25) is 0 Å². The van der Waals surface area contributed by atoms with E-state index in [-0.39, 0.29) is 0 Å². The van der Waals surface area contributed by atoms with Gasteiger partial charge in [0.2, 0.25) is 0 Å². The van der Waals surface area contributed by atoms with E-state index in [2.05, 4.69) is 49.9 Å². The highest BCUT2D eigenvalue weighted by atomic mass is 16.5. The van der Waals surface area contributed by atoms with Gasteiger partial charge in [0.15, 0.2) is 0 Å². The van der Waals surface area contributed by atoms with Crippen LogP contribution in [-0.2, 0) is 11.3 Å². The zero-order valence-electron chi connectivity index (χ0n) is 12.6. The van der Waals surface area contributed by atoms with Crippen molar-refractivity contribution in [1.29, 1.82) is 0 Å². The molecule has 0 saturated carbocycles. The lowest BCUT2D eigenvalue weighted by atomic mass is 9.97. The predicted molar refractivity (Wildman–Crippen MR) is 80.3 cm³/mol. The third-order valence-electron chi connectivity index (χ3n) is 4.12. The van der Waals surface area contributed by atoms with Crippen LogP contribution in [0, 0.1) is 12.8 Å². The number of nitrogens with zero attached hydrogens (tertiary/aromatic N) is 1. The summed E-state index contributed by atoms with van der Waals surface area (Å²) in [6.45, 7) is 10.8. The molecule has 1 aromatic rings. The summed E-state index contributed by atoms with van der Waals surface area (Å²) < 4.78 is 5.88. The van der Waals surface area contributed by atoms with Crippen LogP contribution in [0.2, 0.25) is 0 Å². The van der Waals surface area contributed by atoms with Crippen LogP contribution >= 0.6 is 0 Å². The van der Waals surface area contributed by atoms with Gasteiger partial charge in [-0.15, -0.1) is 0 Å². The van der Waals surface area contributed by atoms with Crippen molar-refractivity contribution in [3.05, 3.63) is 35.4 Å². The van der Waals surface area contributed by atoms with E-state index >= 15 is 0 Å². The van der Waals surface area contributed by atoms with E-state index in [1.807, 2.05) is 0 Å². The van der Waals surface area contributed by atoms with Gasteiger partial charge in [0, 0.05) is 12.6 Å². The number of hydrogen-bond acceptors (Lipinski definition) is 2. The Hall–Kier alpha value is -0.860. The van der Waals surface area contributed by atoms with Gasteiger partial charge in [0.05, 0.1) is 6.61 Å². The number of likely N-dealkylation sites (tertiary alicyclic amines) is 1. The standard InChI is InChI=1S/C17H27NO/c1-14(2)18-10-8-17(9-11-18)13-19-12-16-6-4-15(3)5-7-16/h4-7,14,17H,8-13H2,1-3H3. The molecule has 1 saturated heterocycles. The van der Waals surface area contributed by atoms with E-state index in [4.69, 9.17) is 4.74 Å². The molecule has 0 N–H and O–H groups in total. The van der Waals surface area contributed by atoms with Crippen molar-refractivity contribution in [1.82, 2.24) is 4.90 Å². The first-order valence-electron chi connectivity index (χ1n) is 7.52. The Labute approximate surface area is 117 Å². The zero-order chi connectivity index (χ0) is 13.7. The molecular weight excluding hydrogens is 234 g/mol. The quantitative estimate of drug-likeness (QED) is 0.802. The first kappa shape index (κ1) is 14.5. The summed E-state index contributed by atoms with van der Waals surface area (Å²) >= 11 is 0. The van der Waals surface area contributed by atoms with Crippen LogP contribution in [0.15, 0.2) is 24.3 Å². The molecule has 0 amide bonds. The average molecular weight is 261 g/mol. The minimum absolute atomic E-state index is 0.689. The van der Waals surface area contributed by atoms with E-state index < -0.39 is 0 Å². The maximum Gasteiger partial charge on any atom is 0.0717 e. The Morgan fingerprint density at radius 2 is 1.79 bits per heavy atom. The lowest BCUT2D eigenvalue weighted by molar-refractivity contribution is 0.0513. The maximum absolute atomic E-state index is 5.88. The first-order chi connectivity index (χ1) is 9.15. The molecule has 2 rings (SSSR count). The lowest BCUT2D eigenvalue weighted by Gasteiger charge is -2.34. The molecule has 0 aliphatic carbocycles. The smallest absolute Gasteiger partial charge is 0.0717 e. The zero-order valence-corrected chi connectivity index (χ0v) is 12.6. The molecule has 0 radical (unpaired) electrons. The van der Waals surface area contributed by atoms with Crippen LogP contribution in [0.25, 0.3) is 0 Å². The lowest BCUT2D eigenvalue weighted by Crippen LogP contribution is -2.39. The van der Waals surface area contributed by atoms with Crippen molar-refractivity contribution >= 4 is 0 Å². The van der Waals surface area contributed by atoms with Gasteiger partial charge in [0.25, 0.3) is 0 Å². The predicted octanol–water partition coefficient (Wildman–Crippen LogP) is 3.63. The molecule has 0 bridgehead atoms. The molecule has 0 atom stereocenters. The van der Waals surface area contributed by atoms with Crippen LogP contribution in [0.5, 0.6) is 0 Å². The SMILES string of the molecule is Cc1ccc(COCC2CCN(C(C)C)CC2)cc1. The number of benzene rings is 1. The van der Waals surface area contributed by atoms with Crippen LogP contribution in [0.1, 0.15) is 37.8 Å². The number of ether oxygens (including phenoxy) is 1. The second-order valence-electron chi connectivity index (χ2n) is 6.07. The summed E-state index contributed by atoms with van der Waals surface area (Å²) in [6, 6.07) is 9.32. The van der Waals surface area contributed by atoms with E-state index in [0.717, 1.165) is 19.1 Å². The number of piperidine rings is 1. The Morgan fingerprint density at radius 3 is 2.37 bits per heavy atom. The molecular formula is C17H27NO. The van der Waals surface area contributed by atoms with Crippen molar-refractivity contribution in [3.8, 4) is 0 Å². The average Bonchev–Trinajstić information content (AvgIpc) is 2.41. The van der Waals surface area contributed by atoms with Crippen LogP contribution < -0.4 is 0 Å². The van der Waals surface area contributed by atoms with Crippen LogP contribution in [-0.4, -0.2) is 30.6 Å². The van der Waals surface area contributed by atoms with Gasteiger partial charge in [-0.25, -0.2) is 0 Å². The molecule has 1 heterocycles. The van der Waals surface area contributed by atoms with Crippen LogP contribution in [0.3, 0.4) is 0 Å². The van der Waals surface area contributed by atoms with Crippen molar-refractivity contribution in [2.24, 2.45) is 5.92 Å². The van der Waals surface area contributed by atoms with E-state index in [1.54, 1.807) is 0 Å². The summed E-state index contributed by atoms with van der Waals surface area (Å²) in [5.74, 6) is 0.750. The molecule has 0 aromatic heterocycles. The van der Waals surface area contributed by atoms with E-state index in [1.165, 1.54) is 37.1 Å². The van der Waals surface area contributed by atoms with Crippen LogP contribution in [0.4, 0.5) is 0 Å². The number of hydrogen-bond donors (Lipinski definition) is 0. The molecule has 0 spiro atoms. The van der Waals surface area contributed by atoms with Crippen molar-refractivity contribution in [3.63, 3.8) is 0 Å². The second-order valence-corrected chi connectivity index (χ2v) is 6.07. The summed E-state index contributed by atoms with van der Waals surface area (Å²) in [5, 5.41) is 0. The molecule has 0 unspecified atom stereocenters. The minimum Gasteiger partial charge on any atom is -0.376 e. The van der Waals surface area contributed by atoms with Crippen molar-refractivity contribution < 1.29 is 4.74 Å². The number of rotatable bonds is 5. The normalized spacial score (nSPS) is 18.1. The van der Waals surface area contributed by atoms with Gasteiger partial charge in [-0.1, -0.05) is 29.8 Å². The fraction of sp³-hybridized carbons (Fsp3) is 0.647. The molecule has 19 heavy (non-hydrogen) atoms. The molecule has 1 aliphatic heterocycles. The molecule has 2 heteroatoms. The Bertz CT molecular complexity index is 363. The number of aryl methyl sites for hydroxylation is 1. The van der Waals surface area contributed by atoms with Crippen molar-refractivity contribution in [2.75, 3.05) is 19.7 Å². The summed E-state index contributed by atoms with van der Waals surface area (Å²) in [5.41, 5.74) is 2.59.